The molecule has 6 heteroatoms. The number of fused-ring (bicyclic) bond motifs is 2. The van der Waals surface area contributed by atoms with Gasteiger partial charge in [0, 0.05) is 6.54 Å². The summed E-state index contributed by atoms with van der Waals surface area (Å²) in [5, 5.41) is 0.512. The van der Waals surface area contributed by atoms with Gasteiger partial charge in [0.1, 0.15) is 5.58 Å². The van der Waals surface area contributed by atoms with E-state index in [2.05, 4.69) is 6.92 Å². The average molecular weight is 540 g/mol. The highest BCUT2D eigenvalue weighted by atomic mass is 16.5. The van der Waals surface area contributed by atoms with Crippen LogP contribution in [0.3, 0.4) is 0 Å². The molecule has 6 nitrogen and oxygen atoms in total. The fourth-order valence-corrected chi connectivity index (χ4v) is 5.60. The molecule has 1 amide bonds. The lowest BCUT2D eigenvalue weighted by molar-refractivity contribution is 0.0714. The molecule has 4 aromatic rings. The molecule has 0 bridgehead atoms. The summed E-state index contributed by atoms with van der Waals surface area (Å²) in [6.07, 6.45) is 4.44. The van der Waals surface area contributed by atoms with Crippen molar-refractivity contribution in [3.8, 4) is 11.5 Å². The number of hydrogen-bond donors (Lipinski definition) is 0. The summed E-state index contributed by atoms with van der Waals surface area (Å²) in [7, 11) is 1.61. The minimum absolute atomic E-state index is 0.106. The number of amides is 1. The molecule has 1 atom stereocenters. The summed E-state index contributed by atoms with van der Waals surface area (Å²) in [5.74, 6) is 1.03. The second-order valence-corrected chi connectivity index (χ2v) is 10.8. The van der Waals surface area contributed by atoms with Crippen LogP contribution in [0.4, 0.5) is 0 Å². The molecule has 208 valence electrons. The molecule has 1 aliphatic rings. The third kappa shape index (κ3) is 5.23. The molecule has 0 radical (unpaired) electrons. The van der Waals surface area contributed by atoms with Gasteiger partial charge in [0.15, 0.2) is 16.9 Å². The van der Waals surface area contributed by atoms with Gasteiger partial charge in [-0.15, -0.1) is 0 Å². The van der Waals surface area contributed by atoms with Gasteiger partial charge >= 0.3 is 0 Å². The lowest BCUT2D eigenvalue weighted by atomic mass is 9.96. The minimum Gasteiger partial charge on any atom is -0.493 e. The number of aryl methyl sites for hydroxylation is 3. The van der Waals surface area contributed by atoms with Crippen LogP contribution in [0.2, 0.25) is 0 Å². The van der Waals surface area contributed by atoms with Crippen LogP contribution < -0.4 is 14.9 Å². The Morgan fingerprint density at radius 2 is 1.65 bits per heavy atom. The van der Waals surface area contributed by atoms with Crippen LogP contribution in [0.25, 0.3) is 11.0 Å². The summed E-state index contributed by atoms with van der Waals surface area (Å²) in [5.41, 5.74) is 5.32. The molecular formula is C34H37NO5. The summed E-state index contributed by atoms with van der Waals surface area (Å²) < 4.78 is 18.0. The molecule has 0 aliphatic carbocycles. The highest BCUT2D eigenvalue weighted by Crippen LogP contribution is 2.42. The van der Waals surface area contributed by atoms with Crippen molar-refractivity contribution in [3.05, 3.63) is 104 Å². The first-order valence-electron chi connectivity index (χ1n) is 14.1. The topological polar surface area (TPSA) is 69.0 Å². The van der Waals surface area contributed by atoms with E-state index in [-0.39, 0.29) is 17.1 Å². The monoisotopic (exact) mass is 539 g/mol. The van der Waals surface area contributed by atoms with E-state index in [0.717, 1.165) is 40.7 Å². The zero-order valence-electron chi connectivity index (χ0n) is 24.0. The van der Waals surface area contributed by atoms with Crippen molar-refractivity contribution in [3.63, 3.8) is 0 Å². The minimum atomic E-state index is -0.627. The van der Waals surface area contributed by atoms with Gasteiger partial charge in [0.25, 0.3) is 5.91 Å². The highest BCUT2D eigenvalue weighted by molar-refractivity contribution is 5.99. The molecule has 1 unspecified atom stereocenters. The lowest BCUT2D eigenvalue weighted by Crippen LogP contribution is -2.29. The van der Waals surface area contributed by atoms with Crippen LogP contribution >= 0.6 is 0 Å². The third-order valence-electron chi connectivity index (χ3n) is 7.64. The maximum absolute atomic E-state index is 14.1. The molecule has 2 heterocycles. The van der Waals surface area contributed by atoms with Crippen LogP contribution in [0.15, 0.2) is 63.8 Å². The standard InChI is InChI=1S/C34H37NO5/c1-6-7-8-9-16-39-26-15-14-25(19-27(26)38-5)31-30-32(36)29-23(4)17-22(3)18-28(29)40-33(30)34(37)35(31)20-24-12-10-21(2)11-13-24/h10-15,17-19,31H,6-9,16,20H2,1-5H3. The molecular weight excluding hydrogens is 502 g/mol. The largest absolute Gasteiger partial charge is 0.493 e. The summed E-state index contributed by atoms with van der Waals surface area (Å²) >= 11 is 0. The maximum atomic E-state index is 14.1. The van der Waals surface area contributed by atoms with Crippen molar-refractivity contribution in [2.45, 2.75) is 66.0 Å². The molecule has 1 aromatic heterocycles. The smallest absolute Gasteiger partial charge is 0.291 e. The van der Waals surface area contributed by atoms with Crippen LogP contribution in [-0.2, 0) is 6.54 Å². The van der Waals surface area contributed by atoms with E-state index >= 15 is 0 Å². The van der Waals surface area contributed by atoms with Gasteiger partial charge in [-0.1, -0.05) is 68.1 Å². The third-order valence-corrected chi connectivity index (χ3v) is 7.64. The van der Waals surface area contributed by atoms with Crippen molar-refractivity contribution in [1.29, 1.82) is 0 Å². The molecule has 0 N–H and O–H groups in total. The zero-order chi connectivity index (χ0) is 28.4. The molecule has 1 aliphatic heterocycles. The Labute approximate surface area is 235 Å². The Balaban J connectivity index is 1.61. The first-order valence-corrected chi connectivity index (χ1v) is 14.1. The Morgan fingerprint density at radius 3 is 2.38 bits per heavy atom. The van der Waals surface area contributed by atoms with E-state index in [9.17, 15) is 9.59 Å². The van der Waals surface area contributed by atoms with E-state index in [4.69, 9.17) is 13.9 Å². The molecule has 40 heavy (non-hydrogen) atoms. The Kier molecular flexibility index (Phi) is 7.97. The molecule has 5 rings (SSSR count). The van der Waals surface area contributed by atoms with Gasteiger partial charge in [0.05, 0.1) is 30.7 Å². The molecule has 0 saturated carbocycles. The first kappa shape index (κ1) is 27.5. The number of hydrogen-bond acceptors (Lipinski definition) is 5. The van der Waals surface area contributed by atoms with Crippen LogP contribution in [0.5, 0.6) is 11.5 Å². The fraction of sp³-hybridized carbons (Fsp3) is 0.353. The van der Waals surface area contributed by atoms with Crippen molar-refractivity contribution in [1.82, 2.24) is 4.90 Å². The average Bonchev–Trinajstić information content (AvgIpc) is 3.20. The van der Waals surface area contributed by atoms with Crippen molar-refractivity contribution in [2.75, 3.05) is 13.7 Å². The van der Waals surface area contributed by atoms with Crippen LogP contribution in [0.1, 0.15) is 82.6 Å². The number of unbranched alkanes of at least 4 members (excludes halogenated alkanes) is 3. The van der Waals surface area contributed by atoms with E-state index in [1.165, 1.54) is 12.8 Å². The first-order chi connectivity index (χ1) is 19.3. The van der Waals surface area contributed by atoms with Crippen LogP contribution in [-0.4, -0.2) is 24.5 Å². The molecule has 3 aromatic carbocycles. The Morgan fingerprint density at radius 1 is 0.875 bits per heavy atom. The SMILES string of the molecule is CCCCCCOc1ccc(C2c3c(oc4cc(C)cc(C)c4c3=O)C(=O)N2Cc2ccc(C)cc2)cc1OC. The van der Waals surface area contributed by atoms with E-state index in [0.29, 0.717) is 41.2 Å². The number of nitrogens with zero attached hydrogens (tertiary/aromatic N) is 1. The van der Waals surface area contributed by atoms with Gasteiger partial charge in [-0.2, -0.15) is 0 Å². The number of benzene rings is 3. The highest BCUT2D eigenvalue weighted by Gasteiger charge is 2.43. The molecule has 0 fully saturated rings. The quantitative estimate of drug-likeness (QED) is 0.196. The van der Waals surface area contributed by atoms with Gasteiger partial charge in [-0.3, -0.25) is 9.59 Å². The van der Waals surface area contributed by atoms with Crippen molar-refractivity contribution in [2.24, 2.45) is 0 Å². The summed E-state index contributed by atoms with van der Waals surface area (Å²) in [6, 6.07) is 16.9. The normalized spacial score (nSPS) is 14.6. The Hall–Kier alpha value is -4.06. The van der Waals surface area contributed by atoms with Gasteiger partial charge in [-0.05, 0) is 67.6 Å². The lowest BCUT2D eigenvalue weighted by Gasteiger charge is -2.26. The van der Waals surface area contributed by atoms with Gasteiger partial charge in [0.2, 0.25) is 5.76 Å². The molecule has 0 saturated heterocycles. The Bertz CT molecular complexity index is 1600. The number of carbonyl (C=O) groups excluding carboxylic acids is 1. The maximum Gasteiger partial charge on any atom is 0.291 e. The van der Waals surface area contributed by atoms with E-state index < -0.39 is 6.04 Å². The fourth-order valence-electron chi connectivity index (χ4n) is 5.60. The molecule has 0 spiro atoms. The summed E-state index contributed by atoms with van der Waals surface area (Å²) in [4.78, 5) is 29.7. The predicted molar refractivity (Wildman–Crippen MR) is 157 cm³/mol. The predicted octanol–water partition coefficient (Wildman–Crippen LogP) is 7.43. The second-order valence-electron chi connectivity index (χ2n) is 10.8. The van der Waals surface area contributed by atoms with Crippen molar-refractivity contribution < 1.29 is 18.7 Å². The second kappa shape index (κ2) is 11.6. The number of methoxy groups -OCH3 is 1. The van der Waals surface area contributed by atoms with Gasteiger partial charge in [-0.25, -0.2) is 0 Å². The number of carbonyl (C=O) groups is 1. The van der Waals surface area contributed by atoms with Crippen molar-refractivity contribution >= 4 is 16.9 Å². The van der Waals surface area contributed by atoms with Gasteiger partial charge < -0.3 is 18.8 Å². The van der Waals surface area contributed by atoms with E-state index in [1.807, 2.05) is 75.4 Å². The van der Waals surface area contributed by atoms with Crippen LogP contribution in [0, 0.1) is 20.8 Å². The number of rotatable bonds is 10. The zero-order valence-corrected chi connectivity index (χ0v) is 24.0. The number of ether oxygens (including phenoxy) is 2. The summed E-state index contributed by atoms with van der Waals surface area (Å²) in [6.45, 7) is 9.01. The van der Waals surface area contributed by atoms with E-state index in [1.54, 1.807) is 12.0 Å².